The Morgan fingerprint density at radius 3 is 2.59 bits per heavy atom. The van der Waals surface area contributed by atoms with Crippen molar-refractivity contribution in [1.82, 2.24) is 5.32 Å². The fourth-order valence-electron chi connectivity index (χ4n) is 2.21. The van der Waals surface area contributed by atoms with Crippen LogP contribution in [0.4, 0.5) is 5.69 Å². The molecule has 22 heavy (non-hydrogen) atoms. The highest BCUT2D eigenvalue weighted by molar-refractivity contribution is 5.93. The van der Waals surface area contributed by atoms with Crippen molar-refractivity contribution in [2.24, 2.45) is 0 Å². The monoisotopic (exact) mass is 300 g/mol. The van der Waals surface area contributed by atoms with E-state index in [-0.39, 0.29) is 18.2 Å². The zero-order chi connectivity index (χ0) is 15.9. The minimum atomic E-state index is -0.115. The number of anilines is 1. The van der Waals surface area contributed by atoms with Gasteiger partial charge in [-0.15, -0.1) is 0 Å². The Hall–Kier alpha value is -2.56. The summed E-state index contributed by atoms with van der Waals surface area (Å²) in [4.78, 5) is 25.4. The highest BCUT2D eigenvalue weighted by Crippen LogP contribution is 2.19. The van der Waals surface area contributed by atoms with Crippen LogP contribution in [0, 0.1) is 6.92 Å². The first kappa shape index (κ1) is 15.8. The first-order valence-electron chi connectivity index (χ1n) is 7.20. The summed E-state index contributed by atoms with van der Waals surface area (Å²) in [6.07, 6.45) is 1.81. The predicted octanol–water partition coefficient (Wildman–Crippen LogP) is 2.65. The predicted molar refractivity (Wildman–Crippen MR) is 84.4 cm³/mol. The van der Waals surface area contributed by atoms with E-state index in [9.17, 15) is 9.59 Å². The van der Waals surface area contributed by atoms with E-state index in [4.69, 9.17) is 4.42 Å². The van der Waals surface area contributed by atoms with Crippen LogP contribution in [0.1, 0.15) is 24.7 Å². The van der Waals surface area contributed by atoms with Gasteiger partial charge in [0, 0.05) is 25.6 Å². The molecule has 1 aromatic heterocycles. The summed E-state index contributed by atoms with van der Waals surface area (Å²) in [5.74, 6) is 0.514. The molecular formula is C17H20N2O3. The normalized spacial score (nSPS) is 10.3. The number of carbonyl (C=O) groups is 2. The molecule has 0 atom stereocenters. The smallest absolute Gasteiger partial charge is 0.223 e. The average Bonchev–Trinajstić information content (AvgIpc) is 3.00. The largest absolute Gasteiger partial charge is 0.467 e. The number of hydrogen-bond acceptors (Lipinski definition) is 3. The summed E-state index contributed by atoms with van der Waals surface area (Å²) in [6.45, 7) is 4.16. The van der Waals surface area contributed by atoms with Crippen LogP contribution in [0.15, 0.2) is 47.1 Å². The van der Waals surface area contributed by atoms with Crippen molar-refractivity contribution >= 4 is 17.5 Å². The van der Waals surface area contributed by atoms with Gasteiger partial charge in [0.2, 0.25) is 11.8 Å². The van der Waals surface area contributed by atoms with Crippen LogP contribution in [-0.2, 0) is 16.1 Å². The second-order valence-electron chi connectivity index (χ2n) is 5.06. The molecule has 0 fully saturated rings. The fourth-order valence-corrected chi connectivity index (χ4v) is 2.21. The summed E-state index contributed by atoms with van der Waals surface area (Å²) in [5.41, 5.74) is 1.85. The molecular weight excluding hydrogens is 280 g/mol. The maximum absolute atomic E-state index is 11.9. The number of amides is 2. The second kappa shape index (κ2) is 7.45. The second-order valence-corrected chi connectivity index (χ2v) is 5.06. The van der Waals surface area contributed by atoms with Gasteiger partial charge in [0.15, 0.2) is 0 Å². The molecule has 0 unspecified atom stereocenters. The van der Waals surface area contributed by atoms with Gasteiger partial charge in [0.05, 0.1) is 12.8 Å². The SMILES string of the molecule is CC(=O)N(CCC(=O)NCc1ccco1)c1ccccc1C. The first-order valence-corrected chi connectivity index (χ1v) is 7.20. The van der Waals surface area contributed by atoms with Crippen molar-refractivity contribution in [2.45, 2.75) is 26.8 Å². The number of rotatable bonds is 6. The van der Waals surface area contributed by atoms with Gasteiger partial charge in [-0.05, 0) is 30.7 Å². The van der Waals surface area contributed by atoms with E-state index in [1.54, 1.807) is 23.3 Å². The Bertz CT molecular complexity index is 635. The Balaban J connectivity index is 1.91. The molecule has 1 N–H and O–H groups in total. The molecule has 116 valence electrons. The van der Waals surface area contributed by atoms with Crippen LogP contribution in [0.2, 0.25) is 0 Å². The molecule has 5 heteroatoms. The van der Waals surface area contributed by atoms with E-state index >= 15 is 0 Å². The Morgan fingerprint density at radius 2 is 1.95 bits per heavy atom. The van der Waals surface area contributed by atoms with E-state index < -0.39 is 0 Å². The van der Waals surface area contributed by atoms with Crippen LogP contribution >= 0.6 is 0 Å². The molecule has 0 saturated carbocycles. The van der Waals surface area contributed by atoms with Crippen LogP contribution in [0.3, 0.4) is 0 Å². The van der Waals surface area contributed by atoms with Crippen LogP contribution in [0.5, 0.6) is 0 Å². The van der Waals surface area contributed by atoms with Crippen LogP contribution < -0.4 is 10.2 Å². The highest BCUT2D eigenvalue weighted by atomic mass is 16.3. The number of aryl methyl sites for hydroxylation is 1. The number of furan rings is 1. The minimum Gasteiger partial charge on any atom is -0.467 e. The van der Waals surface area contributed by atoms with Gasteiger partial charge < -0.3 is 14.6 Å². The first-order chi connectivity index (χ1) is 10.6. The molecule has 1 heterocycles. The summed E-state index contributed by atoms with van der Waals surface area (Å²) < 4.78 is 5.15. The Morgan fingerprint density at radius 1 is 1.18 bits per heavy atom. The van der Waals surface area contributed by atoms with Crippen molar-refractivity contribution in [1.29, 1.82) is 0 Å². The highest BCUT2D eigenvalue weighted by Gasteiger charge is 2.15. The minimum absolute atomic E-state index is 0.0758. The van der Waals surface area contributed by atoms with Gasteiger partial charge in [-0.1, -0.05) is 18.2 Å². The number of carbonyl (C=O) groups excluding carboxylic acids is 2. The van der Waals surface area contributed by atoms with Crippen molar-refractivity contribution in [2.75, 3.05) is 11.4 Å². The molecule has 0 radical (unpaired) electrons. The van der Waals surface area contributed by atoms with E-state index in [0.717, 1.165) is 11.3 Å². The molecule has 2 aromatic rings. The summed E-state index contributed by atoms with van der Waals surface area (Å²) in [6, 6.07) is 11.2. The van der Waals surface area contributed by atoms with Crippen LogP contribution in [0.25, 0.3) is 0 Å². The van der Waals surface area contributed by atoms with E-state index in [0.29, 0.717) is 18.8 Å². The van der Waals surface area contributed by atoms with Gasteiger partial charge in [0.1, 0.15) is 5.76 Å². The van der Waals surface area contributed by atoms with E-state index in [1.807, 2.05) is 31.2 Å². The maximum Gasteiger partial charge on any atom is 0.223 e. The quantitative estimate of drug-likeness (QED) is 0.892. The van der Waals surface area contributed by atoms with E-state index in [1.165, 1.54) is 6.92 Å². The third-order valence-electron chi connectivity index (χ3n) is 3.39. The molecule has 0 bridgehead atoms. The Kier molecular flexibility index (Phi) is 5.36. The number of benzene rings is 1. The number of para-hydroxylation sites is 1. The van der Waals surface area contributed by atoms with Crippen molar-refractivity contribution < 1.29 is 14.0 Å². The van der Waals surface area contributed by atoms with E-state index in [2.05, 4.69) is 5.32 Å². The lowest BCUT2D eigenvalue weighted by molar-refractivity contribution is -0.121. The molecule has 2 amide bonds. The fraction of sp³-hybridized carbons (Fsp3) is 0.294. The zero-order valence-corrected chi connectivity index (χ0v) is 12.8. The van der Waals surface area contributed by atoms with Gasteiger partial charge in [-0.25, -0.2) is 0 Å². The molecule has 0 aliphatic rings. The molecule has 0 aliphatic heterocycles. The maximum atomic E-state index is 11.9. The lowest BCUT2D eigenvalue weighted by Crippen LogP contribution is -2.34. The van der Waals surface area contributed by atoms with Gasteiger partial charge >= 0.3 is 0 Å². The average molecular weight is 300 g/mol. The number of nitrogens with zero attached hydrogens (tertiary/aromatic N) is 1. The molecule has 5 nitrogen and oxygen atoms in total. The number of nitrogens with one attached hydrogen (secondary N) is 1. The van der Waals surface area contributed by atoms with Crippen molar-refractivity contribution in [3.05, 3.63) is 54.0 Å². The molecule has 1 aromatic carbocycles. The molecule has 0 spiro atoms. The van der Waals surface area contributed by atoms with Crippen LogP contribution in [-0.4, -0.2) is 18.4 Å². The van der Waals surface area contributed by atoms with Gasteiger partial charge in [0.25, 0.3) is 0 Å². The summed E-state index contributed by atoms with van der Waals surface area (Å²) in [5, 5.41) is 2.77. The molecule has 0 aliphatic carbocycles. The zero-order valence-electron chi connectivity index (χ0n) is 12.8. The number of hydrogen-bond donors (Lipinski definition) is 1. The topological polar surface area (TPSA) is 62.6 Å². The third-order valence-corrected chi connectivity index (χ3v) is 3.39. The van der Waals surface area contributed by atoms with Crippen molar-refractivity contribution in [3.8, 4) is 0 Å². The summed E-state index contributed by atoms with van der Waals surface area (Å²) in [7, 11) is 0. The Labute approximate surface area is 129 Å². The standard InChI is InChI=1S/C17H20N2O3/c1-13-6-3-4-8-16(13)19(14(2)20)10-9-17(21)18-12-15-7-5-11-22-15/h3-8,11H,9-10,12H2,1-2H3,(H,18,21). The van der Waals surface area contributed by atoms with Crippen molar-refractivity contribution in [3.63, 3.8) is 0 Å². The van der Waals surface area contributed by atoms with Gasteiger partial charge in [-0.3, -0.25) is 9.59 Å². The molecule has 0 saturated heterocycles. The lowest BCUT2D eigenvalue weighted by Gasteiger charge is -2.22. The summed E-state index contributed by atoms with van der Waals surface area (Å²) >= 11 is 0. The lowest BCUT2D eigenvalue weighted by atomic mass is 10.1. The third kappa shape index (κ3) is 4.22. The molecule has 2 rings (SSSR count). The van der Waals surface area contributed by atoms with Gasteiger partial charge in [-0.2, -0.15) is 0 Å².